The molecule has 0 aliphatic heterocycles. The lowest BCUT2D eigenvalue weighted by molar-refractivity contribution is -0.139. The van der Waals surface area contributed by atoms with Gasteiger partial charge < -0.3 is 9.94 Å². The van der Waals surface area contributed by atoms with Gasteiger partial charge in [0.05, 0.1) is 12.1 Å². The molecule has 0 heterocycles. The lowest BCUT2D eigenvalue weighted by atomic mass is 10.3. The Morgan fingerprint density at radius 2 is 2.18 bits per heavy atom. The van der Waals surface area contributed by atoms with Gasteiger partial charge >= 0.3 is 5.97 Å². The third-order valence-electron chi connectivity index (χ3n) is 0.877. The van der Waals surface area contributed by atoms with E-state index in [0.29, 0.717) is 0 Å². The maximum atomic E-state index is 10.1. The van der Waals surface area contributed by atoms with Gasteiger partial charge in [-0.1, -0.05) is 5.16 Å². The third-order valence-corrected chi connectivity index (χ3v) is 0.877. The maximum absolute atomic E-state index is 10.1. The van der Waals surface area contributed by atoms with Crippen molar-refractivity contribution in [3.05, 3.63) is 0 Å². The fourth-order valence-corrected chi connectivity index (χ4v) is 0.479. The van der Waals surface area contributed by atoms with Crippen molar-refractivity contribution in [2.24, 2.45) is 5.16 Å². The predicted octanol–water partition coefficient (Wildman–Crippen LogP) is 1.26. The van der Waals surface area contributed by atoms with Crippen LogP contribution in [0.1, 0.15) is 27.2 Å². The van der Waals surface area contributed by atoms with E-state index in [0.717, 1.165) is 5.71 Å². The summed E-state index contributed by atoms with van der Waals surface area (Å²) in [7, 11) is 0. The van der Waals surface area contributed by atoms with Crippen molar-refractivity contribution in [1.82, 2.24) is 0 Å². The second-order valence-electron chi connectivity index (χ2n) is 2.55. The van der Waals surface area contributed by atoms with Gasteiger partial charge in [0.1, 0.15) is 6.10 Å². The molecule has 0 spiro atoms. The average molecular weight is 159 g/mol. The smallest absolute Gasteiger partial charge is 0.307 e. The maximum Gasteiger partial charge on any atom is 0.307 e. The largest absolute Gasteiger partial charge is 0.481 e. The Bertz CT molecular complexity index is 161. The summed E-state index contributed by atoms with van der Waals surface area (Å²) in [5, 5.41) is 12.0. The van der Waals surface area contributed by atoms with Crippen molar-refractivity contribution < 1.29 is 14.7 Å². The number of carboxylic acids is 1. The Morgan fingerprint density at radius 1 is 1.64 bits per heavy atom. The zero-order valence-corrected chi connectivity index (χ0v) is 7.00. The van der Waals surface area contributed by atoms with E-state index in [9.17, 15) is 4.79 Å². The number of carbonyl (C=O) groups is 1. The number of aliphatic carboxylic acids is 1. The Labute approximate surface area is 65.8 Å². The fraction of sp³-hybridized carbons (Fsp3) is 0.714. The molecule has 64 valence electrons. The highest BCUT2D eigenvalue weighted by molar-refractivity contribution is 5.78. The molecule has 0 fully saturated rings. The van der Waals surface area contributed by atoms with Crippen LogP contribution in [0.15, 0.2) is 5.16 Å². The Morgan fingerprint density at radius 3 is 2.55 bits per heavy atom. The molecular formula is C7H13NO3. The van der Waals surface area contributed by atoms with Crippen molar-refractivity contribution in [2.45, 2.75) is 33.3 Å². The molecular weight excluding hydrogens is 146 g/mol. The highest BCUT2D eigenvalue weighted by Crippen LogP contribution is 1.97. The number of carboxylic acid groups (broad SMARTS) is 1. The summed E-state index contributed by atoms with van der Waals surface area (Å²) in [6, 6.07) is 0. The summed E-state index contributed by atoms with van der Waals surface area (Å²) in [6.45, 7) is 5.24. The molecule has 1 atom stereocenters. The van der Waals surface area contributed by atoms with Crippen LogP contribution in [0.25, 0.3) is 0 Å². The predicted molar refractivity (Wildman–Crippen MR) is 41.6 cm³/mol. The van der Waals surface area contributed by atoms with E-state index in [4.69, 9.17) is 9.94 Å². The first-order valence-electron chi connectivity index (χ1n) is 3.41. The monoisotopic (exact) mass is 159 g/mol. The van der Waals surface area contributed by atoms with E-state index >= 15 is 0 Å². The molecule has 0 aromatic carbocycles. The summed E-state index contributed by atoms with van der Waals surface area (Å²) in [5.41, 5.74) is 0.780. The van der Waals surface area contributed by atoms with Crippen LogP contribution in [0.2, 0.25) is 0 Å². The van der Waals surface area contributed by atoms with Gasteiger partial charge in [0.25, 0.3) is 0 Å². The highest BCUT2D eigenvalue weighted by Gasteiger charge is 2.07. The fourth-order valence-electron chi connectivity index (χ4n) is 0.479. The van der Waals surface area contributed by atoms with Crippen LogP contribution in [0.4, 0.5) is 0 Å². The van der Waals surface area contributed by atoms with E-state index in [1.54, 1.807) is 20.8 Å². The first-order valence-corrected chi connectivity index (χ1v) is 3.41. The van der Waals surface area contributed by atoms with Gasteiger partial charge in [0.2, 0.25) is 0 Å². The summed E-state index contributed by atoms with van der Waals surface area (Å²) in [4.78, 5) is 14.9. The molecule has 0 aromatic heterocycles. The van der Waals surface area contributed by atoms with E-state index < -0.39 is 5.97 Å². The zero-order valence-electron chi connectivity index (χ0n) is 7.00. The van der Waals surface area contributed by atoms with E-state index in [1.165, 1.54) is 0 Å². The molecule has 0 aliphatic carbocycles. The minimum absolute atomic E-state index is 0.0171. The molecule has 0 saturated carbocycles. The molecule has 0 aromatic rings. The van der Waals surface area contributed by atoms with Crippen LogP contribution < -0.4 is 0 Å². The van der Waals surface area contributed by atoms with Gasteiger partial charge in [-0.05, 0) is 20.8 Å². The van der Waals surface area contributed by atoms with Crippen molar-refractivity contribution in [3.8, 4) is 0 Å². The second kappa shape index (κ2) is 4.71. The lowest BCUT2D eigenvalue weighted by Gasteiger charge is -2.05. The molecule has 0 rings (SSSR count). The minimum Gasteiger partial charge on any atom is -0.481 e. The standard InChI is InChI=1S/C7H13NO3/c1-5(2)8-11-6(3)4-7(9)10/h6H,4H2,1-3H3,(H,9,10)/t6-/m0/s1. The number of nitrogens with zero attached hydrogens (tertiary/aromatic N) is 1. The van der Waals surface area contributed by atoms with Gasteiger partial charge in [0.15, 0.2) is 0 Å². The molecule has 4 heteroatoms. The molecule has 0 saturated heterocycles. The molecule has 0 bridgehead atoms. The summed E-state index contributed by atoms with van der Waals surface area (Å²) in [5.74, 6) is -0.874. The molecule has 11 heavy (non-hydrogen) atoms. The average Bonchev–Trinajstić information content (AvgIpc) is 1.82. The Kier molecular flexibility index (Phi) is 4.26. The quantitative estimate of drug-likeness (QED) is 0.496. The number of hydrogen-bond acceptors (Lipinski definition) is 3. The Hall–Kier alpha value is -1.06. The first kappa shape index (κ1) is 9.94. The van der Waals surface area contributed by atoms with Gasteiger partial charge in [0, 0.05) is 0 Å². The summed E-state index contributed by atoms with van der Waals surface area (Å²) >= 11 is 0. The van der Waals surface area contributed by atoms with Crippen LogP contribution in [-0.2, 0) is 9.63 Å². The minimum atomic E-state index is -0.874. The first-order chi connectivity index (χ1) is 5.02. The summed E-state index contributed by atoms with van der Waals surface area (Å²) in [6.07, 6.45) is -0.376. The van der Waals surface area contributed by atoms with Crippen molar-refractivity contribution in [3.63, 3.8) is 0 Å². The number of oxime groups is 1. The Balaban J connectivity index is 3.61. The SMILES string of the molecule is CC(C)=NO[C@@H](C)CC(=O)O. The van der Waals surface area contributed by atoms with E-state index in [-0.39, 0.29) is 12.5 Å². The lowest BCUT2D eigenvalue weighted by Crippen LogP contribution is -2.11. The highest BCUT2D eigenvalue weighted by atomic mass is 16.6. The van der Waals surface area contributed by atoms with Gasteiger partial charge in [-0.3, -0.25) is 4.79 Å². The van der Waals surface area contributed by atoms with Gasteiger partial charge in [-0.2, -0.15) is 0 Å². The van der Waals surface area contributed by atoms with E-state index in [1.807, 2.05) is 0 Å². The normalized spacial score (nSPS) is 11.9. The summed E-state index contributed by atoms with van der Waals surface area (Å²) < 4.78 is 0. The molecule has 0 amide bonds. The van der Waals surface area contributed by atoms with E-state index in [2.05, 4.69) is 5.16 Å². The molecule has 0 unspecified atom stereocenters. The van der Waals surface area contributed by atoms with Crippen LogP contribution in [0.3, 0.4) is 0 Å². The molecule has 0 radical (unpaired) electrons. The van der Waals surface area contributed by atoms with Crippen LogP contribution in [0.5, 0.6) is 0 Å². The van der Waals surface area contributed by atoms with Gasteiger partial charge in [-0.25, -0.2) is 0 Å². The molecule has 0 aliphatic rings. The number of rotatable bonds is 4. The van der Waals surface area contributed by atoms with Crippen molar-refractivity contribution >= 4 is 11.7 Å². The van der Waals surface area contributed by atoms with Crippen molar-refractivity contribution in [1.29, 1.82) is 0 Å². The van der Waals surface area contributed by atoms with Gasteiger partial charge in [-0.15, -0.1) is 0 Å². The zero-order chi connectivity index (χ0) is 8.85. The second-order valence-corrected chi connectivity index (χ2v) is 2.55. The van der Waals surface area contributed by atoms with Crippen molar-refractivity contribution in [2.75, 3.05) is 0 Å². The third kappa shape index (κ3) is 6.83. The van der Waals surface area contributed by atoms with Crippen LogP contribution in [-0.4, -0.2) is 22.9 Å². The number of hydrogen-bond donors (Lipinski definition) is 1. The van der Waals surface area contributed by atoms with Crippen LogP contribution >= 0.6 is 0 Å². The molecule has 1 N–H and O–H groups in total. The topological polar surface area (TPSA) is 58.9 Å². The molecule has 4 nitrogen and oxygen atoms in total. The van der Waals surface area contributed by atoms with Crippen LogP contribution in [0, 0.1) is 0 Å².